The minimum Gasteiger partial charge on any atom is -0.466 e. The number of aryl methyl sites for hydroxylation is 1. The van der Waals surface area contributed by atoms with Gasteiger partial charge in [0.05, 0.1) is 29.8 Å². The molecular weight excluding hydrogens is 416 g/mol. The Morgan fingerprint density at radius 3 is 2.09 bits per heavy atom. The lowest BCUT2D eigenvalue weighted by atomic mass is 9.82. The van der Waals surface area contributed by atoms with E-state index in [4.69, 9.17) is 4.74 Å². The number of fused-ring (bicyclic) bond motifs is 2. The minimum atomic E-state index is -0.302. The lowest BCUT2D eigenvalue weighted by molar-refractivity contribution is -0.143. The predicted octanol–water partition coefficient (Wildman–Crippen LogP) is 5.27. The molecule has 6 nitrogen and oxygen atoms in total. The van der Waals surface area contributed by atoms with Gasteiger partial charge >= 0.3 is 5.97 Å². The smallest absolute Gasteiger partial charge is 0.307 e. The van der Waals surface area contributed by atoms with Crippen LogP contribution in [0.3, 0.4) is 0 Å². The number of carbonyl (C=O) groups is 3. The Bertz CT molecular complexity index is 1220. The number of benzene rings is 3. The fraction of sp³-hybridized carbons (Fsp3) is 0.222. The Hall–Kier alpha value is -3.93. The summed E-state index contributed by atoms with van der Waals surface area (Å²) in [6.45, 7) is 4.62. The van der Waals surface area contributed by atoms with Crippen LogP contribution in [0.1, 0.15) is 57.2 Å². The second kappa shape index (κ2) is 9.69. The average molecular weight is 443 g/mol. The number of ketones is 2. The third kappa shape index (κ3) is 4.65. The van der Waals surface area contributed by atoms with E-state index in [0.29, 0.717) is 46.8 Å². The van der Waals surface area contributed by atoms with Crippen LogP contribution in [0.15, 0.2) is 60.7 Å². The van der Waals surface area contributed by atoms with Crippen molar-refractivity contribution in [3.8, 4) is 0 Å². The number of ether oxygens (including phenoxy) is 1. The number of carbonyl (C=O) groups excluding carboxylic acids is 3. The van der Waals surface area contributed by atoms with E-state index >= 15 is 0 Å². The molecule has 3 aromatic rings. The predicted molar refractivity (Wildman–Crippen MR) is 129 cm³/mol. The van der Waals surface area contributed by atoms with Crippen molar-refractivity contribution in [1.29, 1.82) is 0 Å². The first-order valence-corrected chi connectivity index (χ1v) is 11.1. The standard InChI is InChI=1S/C27H26N2O4/c1-3-16-33-23(30)14-15-28-21-12-13-22(29-18-10-8-17(2)9-11-18)25-24(21)26(31)19-6-4-5-7-20(19)27(25)32/h4-13,28-29H,3,14-16H2,1-2H3. The molecule has 0 amide bonds. The number of hydrogen-bond donors (Lipinski definition) is 2. The van der Waals surface area contributed by atoms with Gasteiger partial charge in [-0.3, -0.25) is 14.4 Å². The first-order valence-electron chi connectivity index (χ1n) is 11.1. The molecule has 6 heteroatoms. The molecule has 2 N–H and O–H groups in total. The average Bonchev–Trinajstić information content (AvgIpc) is 2.83. The summed E-state index contributed by atoms with van der Waals surface area (Å²) in [6.07, 6.45) is 0.926. The summed E-state index contributed by atoms with van der Waals surface area (Å²) in [7, 11) is 0. The molecule has 0 radical (unpaired) electrons. The number of nitrogens with one attached hydrogen (secondary N) is 2. The summed E-state index contributed by atoms with van der Waals surface area (Å²) in [5.74, 6) is -0.728. The molecule has 4 rings (SSSR count). The first kappa shape index (κ1) is 22.3. The van der Waals surface area contributed by atoms with Crippen LogP contribution in [0.4, 0.5) is 17.1 Å². The van der Waals surface area contributed by atoms with Gasteiger partial charge in [0.1, 0.15) is 0 Å². The largest absolute Gasteiger partial charge is 0.466 e. The molecule has 1 aliphatic carbocycles. The highest BCUT2D eigenvalue weighted by Gasteiger charge is 2.33. The Balaban J connectivity index is 1.69. The van der Waals surface area contributed by atoms with Gasteiger partial charge in [-0.2, -0.15) is 0 Å². The molecule has 0 bridgehead atoms. The Labute approximate surface area is 193 Å². The minimum absolute atomic E-state index is 0.164. The van der Waals surface area contributed by atoms with Gasteiger partial charge in [0.2, 0.25) is 0 Å². The van der Waals surface area contributed by atoms with Crippen molar-refractivity contribution in [3.63, 3.8) is 0 Å². The van der Waals surface area contributed by atoms with Crippen LogP contribution in [-0.2, 0) is 9.53 Å². The first-order chi connectivity index (χ1) is 16.0. The maximum Gasteiger partial charge on any atom is 0.307 e. The van der Waals surface area contributed by atoms with Crippen molar-refractivity contribution < 1.29 is 19.1 Å². The van der Waals surface area contributed by atoms with Crippen LogP contribution in [0, 0.1) is 6.92 Å². The highest BCUT2D eigenvalue weighted by atomic mass is 16.5. The van der Waals surface area contributed by atoms with E-state index in [1.54, 1.807) is 36.4 Å². The topological polar surface area (TPSA) is 84.5 Å². The van der Waals surface area contributed by atoms with Crippen molar-refractivity contribution in [3.05, 3.63) is 88.5 Å². The molecule has 0 spiro atoms. The third-order valence-corrected chi connectivity index (χ3v) is 5.52. The summed E-state index contributed by atoms with van der Waals surface area (Å²) >= 11 is 0. The zero-order chi connectivity index (χ0) is 23.4. The van der Waals surface area contributed by atoms with E-state index in [1.165, 1.54) is 0 Å². The van der Waals surface area contributed by atoms with Crippen molar-refractivity contribution in [2.75, 3.05) is 23.8 Å². The number of rotatable bonds is 8. The molecule has 0 atom stereocenters. The van der Waals surface area contributed by atoms with Gasteiger partial charge in [-0.1, -0.05) is 48.9 Å². The fourth-order valence-corrected chi connectivity index (χ4v) is 3.85. The number of esters is 1. The maximum atomic E-state index is 13.5. The lowest BCUT2D eigenvalue weighted by Crippen LogP contribution is -2.24. The van der Waals surface area contributed by atoms with Crippen LogP contribution in [0.5, 0.6) is 0 Å². The molecule has 0 aliphatic heterocycles. The summed E-state index contributed by atoms with van der Waals surface area (Å²) in [4.78, 5) is 38.8. The van der Waals surface area contributed by atoms with E-state index < -0.39 is 0 Å². The normalized spacial score (nSPS) is 12.1. The van der Waals surface area contributed by atoms with E-state index in [9.17, 15) is 14.4 Å². The van der Waals surface area contributed by atoms with Crippen LogP contribution in [0.25, 0.3) is 0 Å². The molecule has 0 aromatic heterocycles. The van der Waals surface area contributed by atoms with Crippen LogP contribution >= 0.6 is 0 Å². The molecule has 0 unspecified atom stereocenters. The maximum absolute atomic E-state index is 13.5. The summed E-state index contributed by atoms with van der Waals surface area (Å²) < 4.78 is 5.11. The van der Waals surface area contributed by atoms with Crippen molar-refractivity contribution in [2.24, 2.45) is 0 Å². The Morgan fingerprint density at radius 2 is 1.45 bits per heavy atom. The Morgan fingerprint density at radius 1 is 0.848 bits per heavy atom. The fourth-order valence-electron chi connectivity index (χ4n) is 3.85. The Kier molecular flexibility index (Phi) is 6.54. The number of anilines is 3. The molecule has 33 heavy (non-hydrogen) atoms. The molecule has 168 valence electrons. The van der Waals surface area contributed by atoms with E-state index in [2.05, 4.69) is 10.6 Å². The molecule has 1 aliphatic rings. The SMILES string of the molecule is CCCOC(=O)CCNc1ccc(Nc2ccc(C)cc2)c2c1C(=O)c1ccccc1C2=O. The molecule has 0 fully saturated rings. The van der Waals surface area contributed by atoms with Crippen molar-refractivity contribution in [2.45, 2.75) is 26.7 Å². The number of hydrogen-bond acceptors (Lipinski definition) is 6. The molecule has 0 heterocycles. The van der Waals surface area contributed by atoms with Gasteiger partial charge in [-0.15, -0.1) is 0 Å². The van der Waals surface area contributed by atoms with Crippen molar-refractivity contribution >= 4 is 34.6 Å². The molecular formula is C27H26N2O4. The highest BCUT2D eigenvalue weighted by Crippen LogP contribution is 2.37. The van der Waals surface area contributed by atoms with E-state index in [-0.39, 0.29) is 24.0 Å². The van der Waals surface area contributed by atoms with Crippen LogP contribution in [-0.4, -0.2) is 30.7 Å². The molecule has 0 saturated carbocycles. The monoisotopic (exact) mass is 442 g/mol. The zero-order valence-corrected chi connectivity index (χ0v) is 18.7. The van der Waals surface area contributed by atoms with Gasteiger partial charge in [-0.25, -0.2) is 0 Å². The molecule has 0 saturated heterocycles. The van der Waals surface area contributed by atoms with Gasteiger partial charge in [0.15, 0.2) is 11.6 Å². The van der Waals surface area contributed by atoms with Gasteiger partial charge in [0.25, 0.3) is 0 Å². The van der Waals surface area contributed by atoms with E-state index in [1.807, 2.05) is 38.1 Å². The van der Waals surface area contributed by atoms with E-state index in [0.717, 1.165) is 17.7 Å². The van der Waals surface area contributed by atoms with Gasteiger partial charge in [-0.05, 0) is 37.6 Å². The quantitative estimate of drug-likeness (QED) is 0.362. The lowest BCUT2D eigenvalue weighted by Gasteiger charge is -2.24. The highest BCUT2D eigenvalue weighted by molar-refractivity contribution is 6.32. The summed E-state index contributed by atoms with van der Waals surface area (Å²) in [5, 5.41) is 6.45. The molecule has 3 aromatic carbocycles. The van der Waals surface area contributed by atoms with Crippen LogP contribution < -0.4 is 10.6 Å². The second-order valence-electron chi connectivity index (χ2n) is 8.00. The van der Waals surface area contributed by atoms with Gasteiger partial charge < -0.3 is 15.4 Å². The van der Waals surface area contributed by atoms with Gasteiger partial charge in [0, 0.05) is 29.0 Å². The zero-order valence-electron chi connectivity index (χ0n) is 18.7. The van der Waals surface area contributed by atoms with Crippen molar-refractivity contribution in [1.82, 2.24) is 0 Å². The second-order valence-corrected chi connectivity index (χ2v) is 8.00. The third-order valence-electron chi connectivity index (χ3n) is 5.52. The summed E-state index contributed by atoms with van der Waals surface area (Å²) in [5.41, 5.74) is 4.46. The summed E-state index contributed by atoms with van der Waals surface area (Å²) in [6, 6.07) is 18.2. The van der Waals surface area contributed by atoms with Crippen LogP contribution in [0.2, 0.25) is 0 Å².